The molecule has 0 nitrogen and oxygen atoms in total. The zero-order valence-electron chi connectivity index (χ0n) is 23.7. The van der Waals surface area contributed by atoms with Gasteiger partial charge in [0.25, 0.3) is 0 Å². The first-order valence-electron chi connectivity index (χ1n) is 13.9. The summed E-state index contributed by atoms with van der Waals surface area (Å²) >= 11 is -0.106. The molecular weight excluding hydrogens is 696 g/mol. The molecule has 0 aromatic heterocycles. The molecule has 5 heteroatoms. The monoisotopic (exact) mass is 728 g/mol. The van der Waals surface area contributed by atoms with Crippen molar-refractivity contribution in [2.24, 2.45) is 0 Å². The van der Waals surface area contributed by atoms with Crippen molar-refractivity contribution in [1.82, 2.24) is 0 Å². The molecule has 0 saturated heterocycles. The minimum atomic E-state index is -0.327. The molecule has 0 aliphatic heterocycles. The summed E-state index contributed by atoms with van der Waals surface area (Å²) in [6.45, 7) is 0. The number of hydrogen-bond acceptors (Lipinski definition) is 0. The summed E-state index contributed by atoms with van der Waals surface area (Å²) in [4.78, 5) is 0. The maximum absolute atomic E-state index is 4.81. The van der Waals surface area contributed by atoms with E-state index in [-0.39, 0.29) is 31.8 Å². The van der Waals surface area contributed by atoms with Crippen molar-refractivity contribution in [2.75, 3.05) is 0 Å². The van der Waals surface area contributed by atoms with Gasteiger partial charge in [-0.1, -0.05) is 182 Å². The normalized spacial score (nSPS) is 10.4. The molecule has 0 amide bonds. The van der Waals surface area contributed by atoms with Crippen LogP contribution < -0.4 is 21.2 Å². The molecule has 0 aliphatic rings. The Bertz CT molecular complexity index is 1340. The van der Waals surface area contributed by atoms with Crippen molar-refractivity contribution >= 4 is 56.1 Å². The molecular formula is C38H34Cl2P2Pd. The molecule has 43 heavy (non-hydrogen) atoms. The Morgan fingerprint density at radius 3 is 0.721 bits per heavy atom. The minimum Gasteiger partial charge on any atom is -0.0622 e. The van der Waals surface area contributed by atoms with Crippen LogP contribution in [0.5, 0.6) is 0 Å². The molecule has 0 saturated carbocycles. The van der Waals surface area contributed by atoms with Crippen molar-refractivity contribution in [2.45, 2.75) is 12.3 Å². The summed E-state index contributed by atoms with van der Waals surface area (Å²) in [5.74, 6) is 0. The molecule has 0 spiro atoms. The Hall–Kier alpha value is -2.58. The summed E-state index contributed by atoms with van der Waals surface area (Å²) in [5, 5.41) is 5.77. The summed E-state index contributed by atoms with van der Waals surface area (Å²) in [7, 11) is 8.97. The quantitative estimate of drug-likeness (QED) is 0.108. The molecule has 0 aliphatic carbocycles. The smallest absolute Gasteiger partial charge is 0.000743 e. The standard InChI is InChI=1S/2C19H17P.2ClH.Pd/c2*1-4-10-17(11-5-1)16-20(18-12-6-2-7-13-18)19-14-8-3-9-15-19;;;/h2*1-15H,16H2;2*1H;/q;;;;+2/p-2. The van der Waals surface area contributed by atoms with Crippen molar-refractivity contribution in [3.8, 4) is 0 Å². The first-order valence-corrected chi connectivity index (χ1v) is 21.0. The van der Waals surface area contributed by atoms with Crippen LogP contribution in [0, 0.1) is 0 Å². The SMILES string of the molecule is [Cl][Pd][Cl].c1ccc(CP(c2ccccc2)c2ccccc2)cc1.c1ccc(CP(c2ccccc2)c2ccccc2)cc1. The van der Waals surface area contributed by atoms with E-state index in [4.69, 9.17) is 19.1 Å². The number of rotatable bonds is 8. The van der Waals surface area contributed by atoms with Gasteiger partial charge in [0.15, 0.2) is 0 Å². The van der Waals surface area contributed by atoms with Gasteiger partial charge in [-0.3, -0.25) is 0 Å². The van der Waals surface area contributed by atoms with Gasteiger partial charge in [-0.15, -0.1) is 0 Å². The second-order valence-corrected chi connectivity index (χ2v) is 16.3. The van der Waals surface area contributed by atoms with E-state index < -0.39 is 0 Å². The summed E-state index contributed by atoms with van der Waals surface area (Å²) in [6, 6.07) is 65.0. The zero-order valence-corrected chi connectivity index (χ0v) is 28.6. The average Bonchev–Trinajstić information content (AvgIpc) is 3.09. The fraction of sp³-hybridized carbons (Fsp3) is 0.0526. The van der Waals surface area contributed by atoms with Crippen LogP contribution in [0.3, 0.4) is 0 Å². The molecule has 0 bridgehead atoms. The summed E-state index contributed by atoms with van der Waals surface area (Å²) in [6.07, 6.45) is 2.20. The third-order valence-corrected chi connectivity index (χ3v) is 11.7. The molecule has 0 heterocycles. The maximum Gasteiger partial charge on any atom is 0.000743 e. The van der Waals surface area contributed by atoms with Crippen LogP contribution in [0.1, 0.15) is 11.1 Å². The van der Waals surface area contributed by atoms with Crippen LogP contribution in [0.4, 0.5) is 0 Å². The molecule has 6 aromatic carbocycles. The van der Waals surface area contributed by atoms with Crippen molar-refractivity contribution in [3.05, 3.63) is 193 Å². The van der Waals surface area contributed by atoms with Crippen molar-refractivity contribution in [1.29, 1.82) is 0 Å². The van der Waals surface area contributed by atoms with Gasteiger partial charge in [0.1, 0.15) is 0 Å². The molecule has 0 fully saturated rings. The van der Waals surface area contributed by atoms with Gasteiger partial charge >= 0.3 is 35.0 Å². The maximum atomic E-state index is 4.81. The Morgan fingerprint density at radius 1 is 0.326 bits per heavy atom. The zero-order chi connectivity index (χ0) is 30.0. The molecule has 220 valence electrons. The van der Waals surface area contributed by atoms with Gasteiger partial charge in [-0.05, 0) is 48.2 Å². The predicted molar refractivity (Wildman–Crippen MR) is 190 cm³/mol. The molecule has 0 N–H and O–H groups in total. The van der Waals surface area contributed by atoms with E-state index in [9.17, 15) is 0 Å². The largest absolute Gasteiger partial charge is 0.0622 e. The van der Waals surface area contributed by atoms with E-state index in [0.717, 1.165) is 12.3 Å². The van der Waals surface area contributed by atoms with E-state index in [1.807, 2.05) is 0 Å². The van der Waals surface area contributed by atoms with E-state index in [2.05, 4.69) is 182 Å². The van der Waals surface area contributed by atoms with E-state index in [1.165, 1.54) is 32.3 Å². The van der Waals surface area contributed by atoms with E-state index in [1.54, 1.807) is 0 Å². The van der Waals surface area contributed by atoms with Crippen molar-refractivity contribution < 1.29 is 15.9 Å². The van der Waals surface area contributed by atoms with Crippen LogP contribution >= 0.6 is 34.9 Å². The third kappa shape index (κ3) is 11.5. The summed E-state index contributed by atoms with van der Waals surface area (Å²) < 4.78 is 0. The van der Waals surface area contributed by atoms with Crippen LogP contribution in [-0.4, -0.2) is 0 Å². The number of halogens is 2. The Labute approximate surface area is 275 Å². The van der Waals surface area contributed by atoms with Crippen LogP contribution in [-0.2, 0) is 28.3 Å². The second-order valence-electron chi connectivity index (χ2n) is 9.53. The first-order chi connectivity index (χ1) is 21.3. The second kappa shape index (κ2) is 19.6. The molecule has 0 unspecified atom stereocenters. The van der Waals surface area contributed by atoms with Gasteiger partial charge < -0.3 is 0 Å². The van der Waals surface area contributed by atoms with Crippen LogP contribution in [0.25, 0.3) is 0 Å². The molecule has 0 radical (unpaired) electrons. The van der Waals surface area contributed by atoms with Gasteiger partial charge in [0.05, 0.1) is 0 Å². The van der Waals surface area contributed by atoms with E-state index in [0.29, 0.717) is 0 Å². The molecule has 6 rings (SSSR count). The van der Waals surface area contributed by atoms with Crippen LogP contribution in [0.2, 0.25) is 0 Å². The van der Waals surface area contributed by atoms with E-state index >= 15 is 0 Å². The Morgan fingerprint density at radius 2 is 0.512 bits per heavy atom. The number of benzene rings is 6. The van der Waals surface area contributed by atoms with Gasteiger partial charge in [-0.2, -0.15) is 0 Å². The topological polar surface area (TPSA) is 0 Å². The number of hydrogen-bond donors (Lipinski definition) is 0. The Balaban J connectivity index is 0.000000181. The molecule has 0 atom stereocenters. The average molecular weight is 730 g/mol. The summed E-state index contributed by atoms with van der Waals surface area (Å²) in [5.41, 5.74) is 2.82. The minimum absolute atomic E-state index is 0.106. The predicted octanol–water partition coefficient (Wildman–Crippen LogP) is 10.0. The first kappa shape index (κ1) is 33.3. The van der Waals surface area contributed by atoms with Crippen LogP contribution in [0.15, 0.2) is 182 Å². The third-order valence-electron chi connectivity index (χ3n) is 6.64. The fourth-order valence-electron chi connectivity index (χ4n) is 4.63. The van der Waals surface area contributed by atoms with Gasteiger partial charge in [0.2, 0.25) is 0 Å². The van der Waals surface area contributed by atoms with Gasteiger partial charge in [-0.25, -0.2) is 0 Å². The van der Waals surface area contributed by atoms with Gasteiger partial charge in [0, 0.05) is 12.3 Å². The Kier molecular flexibility index (Phi) is 15.2. The molecule has 6 aromatic rings. The van der Waals surface area contributed by atoms with Crippen molar-refractivity contribution in [3.63, 3.8) is 0 Å². The fourth-order valence-corrected chi connectivity index (χ4v) is 9.23.